The van der Waals surface area contributed by atoms with Gasteiger partial charge in [0.15, 0.2) is 11.4 Å². The number of hydrogen-bond donors (Lipinski definition) is 1. The Morgan fingerprint density at radius 3 is 2.33 bits per heavy atom. The highest BCUT2D eigenvalue weighted by atomic mass is 16.3. The van der Waals surface area contributed by atoms with Crippen LogP contribution in [0, 0.1) is 6.92 Å². The number of rotatable bonds is 1. The highest BCUT2D eigenvalue weighted by Gasteiger charge is 2.16. The number of nitrogens with one attached hydrogen (secondary N) is 1. The molecule has 1 heterocycles. The van der Waals surface area contributed by atoms with Crippen molar-refractivity contribution in [2.24, 2.45) is 4.99 Å². The van der Waals surface area contributed by atoms with E-state index in [1.807, 2.05) is 45.9 Å². The smallest absolute Gasteiger partial charge is 0.258 e. The van der Waals surface area contributed by atoms with E-state index >= 15 is 0 Å². The molecular formula is C17H25N3O. The first-order chi connectivity index (χ1) is 9.53. The van der Waals surface area contributed by atoms with Crippen molar-refractivity contribution < 1.29 is 4.42 Å². The maximum atomic E-state index is 6.00. The minimum Gasteiger partial charge on any atom is -0.434 e. The number of hydrogen-bond acceptors (Lipinski definition) is 4. The molecule has 1 aromatic heterocycles. The van der Waals surface area contributed by atoms with Gasteiger partial charge in [0.05, 0.1) is 5.54 Å². The monoisotopic (exact) mass is 287 g/mol. The summed E-state index contributed by atoms with van der Waals surface area (Å²) in [5.41, 5.74) is 2.96. The molecule has 0 aliphatic rings. The number of nitrogens with zero attached hydrogens (tertiary/aromatic N) is 2. The van der Waals surface area contributed by atoms with Gasteiger partial charge in [0, 0.05) is 5.54 Å². The molecule has 0 spiro atoms. The molecule has 4 nitrogen and oxygen atoms in total. The van der Waals surface area contributed by atoms with Crippen LogP contribution in [-0.4, -0.2) is 16.1 Å². The van der Waals surface area contributed by atoms with E-state index in [-0.39, 0.29) is 11.1 Å². The fourth-order valence-electron chi connectivity index (χ4n) is 1.93. The lowest BCUT2D eigenvalue weighted by molar-refractivity contribution is 0.472. The van der Waals surface area contributed by atoms with Gasteiger partial charge in [-0.05, 0) is 66.2 Å². The van der Waals surface area contributed by atoms with Gasteiger partial charge in [0.1, 0.15) is 5.52 Å². The van der Waals surface area contributed by atoms with Crippen molar-refractivity contribution in [3.63, 3.8) is 0 Å². The van der Waals surface area contributed by atoms with Crippen molar-refractivity contribution in [3.8, 4) is 0 Å². The molecular weight excluding hydrogens is 262 g/mol. The second kappa shape index (κ2) is 5.17. The maximum absolute atomic E-state index is 6.00. The molecule has 2 aromatic rings. The van der Waals surface area contributed by atoms with Gasteiger partial charge in [0.2, 0.25) is 0 Å². The van der Waals surface area contributed by atoms with Crippen molar-refractivity contribution >= 4 is 16.9 Å². The quantitative estimate of drug-likeness (QED) is 0.861. The second-order valence-electron chi connectivity index (χ2n) is 7.50. The van der Waals surface area contributed by atoms with E-state index in [0.29, 0.717) is 11.4 Å². The Morgan fingerprint density at radius 2 is 1.76 bits per heavy atom. The Hall–Kier alpha value is -1.84. The van der Waals surface area contributed by atoms with Gasteiger partial charge in [-0.25, -0.2) is 9.98 Å². The summed E-state index contributed by atoms with van der Waals surface area (Å²) < 4.78 is 6.00. The summed E-state index contributed by atoms with van der Waals surface area (Å²) in [6, 6.07) is 6.00. The SMILES string of the molecule is Cc1ccc2nc(NC(C)(C)C)c(=NC(C)(C)C)oc2c1. The lowest BCUT2D eigenvalue weighted by Gasteiger charge is -2.21. The summed E-state index contributed by atoms with van der Waals surface area (Å²) in [6.45, 7) is 14.5. The Morgan fingerprint density at radius 1 is 1.10 bits per heavy atom. The molecule has 0 amide bonds. The second-order valence-corrected chi connectivity index (χ2v) is 7.50. The number of fused-ring (bicyclic) bond motifs is 1. The third kappa shape index (κ3) is 4.31. The minimum atomic E-state index is -0.225. The summed E-state index contributed by atoms with van der Waals surface area (Å²) in [4.78, 5) is 9.35. The van der Waals surface area contributed by atoms with Gasteiger partial charge >= 0.3 is 0 Å². The first-order valence-electron chi connectivity index (χ1n) is 7.29. The molecule has 114 valence electrons. The third-order valence-electron chi connectivity index (χ3n) is 2.69. The lowest BCUT2D eigenvalue weighted by atomic mass is 10.1. The van der Waals surface area contributed by atoms with Crippen molar-refractivity contribution in [1.29, 1.82) is 0 Å². The molecule has 0 bridgehead atoms. The van der Waals surface area contributed by atoms with Gasteiger partial charge in [0.25, 0.3) is 5.55 Å². The van der Waals surface area contributed by atoms with Crippen LogP contribution in [0.3, 0.4) is 0 Å². The molecule has 0 saturated carbocycles. The van der Waals surface area contributed by atoms with Crippen LogP contribution in [-0.2, 0) is 0 Å². The number of anilines is 1. The molecule has 21 heavy (non-hydrogen) atoms. The molecule has 0 aliphatic heterocycles. The van der Waals surface area contributed by atoms with Crippen LogP contribution in [0.5, 0.6) is 0 Å². The van der Waals surface area contributed by atoms with Crippen LogP contribution in [0.1, 0.15) is 47.1 Å². The van der Waals surface area contributed by atoms with E-state index < -0.39 is 0 Å². The zero-order valence-corrected chi connectivity index (χ0v) is 14.0. The Labute approximate surface area is 126 Å². The molecule has 0 atom stereocenters. The fourth-order valence-corrected chi connectivity index (χ4v) is 1.93. The largest absolute Gasteiger partial charge is 0.434 e. The number of aryl methyl sites for hydroxylation is 1. The van der Waals surface area contributed by atoms with Crippen molar-refractivity contribution in [2.45, 2.75) is 59.5 Å². The normalized spacial score (nSPS) is 13.8. The van der Waals surface area contributed by atoms with E-state index in [2.05, 4.69) is 36.1 Å². The Kier molecular flexibility index (Phi) is 3.83. The van der Waals surface area contributed by atoms with Crippen LogP contribution in [0.2, 0.25) is 0 Å². The minimum absolute atomic E-state index is 0.108. The Balaban J connectivity index is 2.71. The molecule has 4 heteroatoms. The van der Waals surface area contributed by atoms with Crippen molar-refractivity contribution in [1.82, 2.24) is 4.98 Å². The van der Waals surface area contributed by atoms with E-state index in [0.717, 1.165) is 16.7 Å². The summed E-state index contributed by atoms with van der Waals surface area (Å²) in [5.74, 6) is 0.689. The van der Waals surface area contributed by atoms with E-state index in [1.165, 1.54) is 0 Å². The van der Waals surface area contributed by atoms with Crippen LogP contribution in [0.15, 0.2) is 27.6 Å². The molecule has 1 N–H and O–H groups in total. The highest BCUT2D eigenvalue weighted by Crippen LogP contribution is 2.17. The zero-order chi connectivity index (χ0) is 15.8. The predicted octanol–water partition coefficient (Wildman–Crippen LogP) is 4.05. The molecule has 0 radical (unpaired) electrons. The summed E-state index contributed by atoms with van der Waals surface area (Å²) in [6.07, 6.45) is 0. The van der Waals surface area contributed by atoms with Gasteiger partial charge in [-0.1, -0.05) is 6.07 Å². The summed E-state index contributed by atoms with van der Waals surface area (Å²) in [5, 5.41) is 3.38. The van der Waals surface area contributed by atoms with Crippen molar-refractivity contribution in [2.75, 3.05) is 5.32 Å². The molecule has 2 rings (SSSR count). The first-order valence-corrected chi connectivity index (χ1v) is 7.29. The third-order valence-corrected chi connectivity index (χ3v) is 2.69. The first kappa shape index (κ1) is 15.5. The van der Waals surface area contributed by atoms with Crippen LogP contribution >= 0.6 is 0 Å². The van der Waals surface area contributed by atoms with Gasteiger partial charge < -0.3 is 9.73 Å². The molecule has 0 unspecified atom stereocenters. The molecule has 0 fully saturated rings. The van der Waals surface area contributed by atoms with E-state index in [4.69, 9.17) is 4.42 Å². The van der Waals surface area contributed by atoms with Crippen LogP contribution < -0.4 is 10.9 Å². The van der Waals surface area contributed by atoms with Crippen molar-refractivity contribution in [3.05, 3.63) is 29.3 Å². The van der Waals surface area contributed by atoms with Gasteiger partial charge in [-0.3, -0.25) is 0 Å². The summed E-state index contributed by atoms with van der Waals surface area (Å²) in [7, 11) is 0. The van der Waals surface area contributed by atoms with E-state index in [9.17, 15) is 0 Å². The average molecular weight is 287 g/mol. The van der Waals surface area contributed by atoms with Gasteiger partial charge in [-0.15, -0.1) is 0 Å². The predicted molar refractivity (Wildman–Crippen MR) is 87.4 cm³/mol. The van der Waals surface area contributed by atoms with Gasteiger partial charge in [-0.2, -0.15) is 0 Å². The zero-order valence-electron chi connectivity index (χ0n) is 14.0. The standard InChI is InChI=1S/C17H25N3O/c1-11-8-9-12-13(10-11)21-15(20-17(5,6)7)14(18-12)19-16(2,3)4/h8-10H,1-7H3,(H,18,19). The van der Waals surface area contributed by atoms with E-state index in [1.54, 1.807) is 0 Å². The number of aromatic nitrogens is 1. The topological polar surface area (TPSA) is 50.4 Å². The Bertz CT molecular complexity index is 715. The number of benzene rings is 1. The van der Waals surface area contributed by atoms with Crippen LogP contribution in [0.4, 0.5) is 5.82 Å². The molecule has 0 aliphatic carbocycles. The van der Waals surface area contributed by atoms with Crippen LogP contribution in [0.25, 0.3) is 11.1 Å². The highest BCUT2D eigenvalue weighted by molar-refractivity contribution is 5.74. The fraction of sp³-hybridized carbons (Fsp3) is 0.529. The maximum Gasteiger partial charge on any atom is 0.258 e. The summed E-state index contributed by atoms with van der Waals surface area (Å²) >= 11 is 0. The molecule has 1 aromatic carbocycles. The lowest BCUT2D eigenvalue weighted by Crippen LogP contribution is -2.31. The molecule has 0 saturated heterocycles. The average Bonchev–Trinajstić information content (AvgIpc) is 2.26.